The van der Waals surface area contributed by atoms with Gasteiger partial charge in [-0.1, -0.05) is 6.07 Å². The van der Waals surface area contributed by atoms with Crippen LogP contribution >= 0.6 is 0 Å². The highest BCUT2D eigenvalue weighted by molar-refractivity contribution is 6.07. The van der Waals surface area contributed by atoms with E-state index in [2.05, 4.69) is 12.2 Å². The van der Waals surface area contributed by atoms with Crippen molar-refractivity contribution in [3.8, 4) is 0 Å². The lowest BCUT2D eigenvalue weighted by atomic mass is 10.1. The summed E-state index contributed by atoms with van der Waals surface area (Å²) in [4.78, 5) is 25.5. The van der Waals surface area contributed by atoms with Crippen molar-refractivity contribution in [2.45, 2.75) is 45.2 Å². The highest BCUT2D eigenvalue weighted by Crippen LogP contribution is 2.32. The second kappa shape index (κ2) is 4.37. The number of amides is 2. The Morgan fingerprint density at radius 2 is 1.89 bits per heavy atom. The van der Waals surface area contributed by atoms with Crippen molar-refractivity contribution in [2.24, 2.45) is 0 Å². The van der Waals surface area contributed by atoms with E-state index in [1.807, 2.05) is 25.1 Å². The van der Waals surface area contributed by atoms with Gasteiger partial charge >= 0.3 is 0 Å². The van der Waals surface area contributed by atoms with Gasteiger partial charge in [-0.2, -0.15) is 0 Å². The number of rotatable bonds is 3. The standard InChI is InChI=1S/C15H18N2O2/c1-9-3-4-11(7-10(9)2)16-13-8-14(18)17(15(13)19)12-5-6-12/h3-4,7,12-13,16H,5-6,8H2,1-2H3/t13-/m1/s1. The molecular weight excluding hydrogens is 240 g/mol. The van der Waals surface area contributed by atoms with Gasteiger partial charge in [0.1, 0.15) is 6.04 Å². The van der Waals surface area contributed by atoms with Crippen molar-refractivity contribution in [3.63, 3.8) is 0 Å². The van der Waals surface area contributed by atoms with Crippen LogP contribution in [0.2, 0.25) is 0 Å². The highest BCUT2D eigenvalue weighted by atomic mass is 16.2. The zero-order valence-electron chi connectivity index (χ0n) is 11.3. The van der Waals surface area contributed by atoms with Gasteiger partial charge in [-0.25, -0.2) is 0 Å². The van der Waals surface area contributed by atoms with Gasteiger partial charge in [-0.15, -0.1) is 0 Å². The maximum atomic E-state index is 12.2. The highest BCUT2D eigenvalue weighted by Gasteiger charge is 2.46. The number of benzene rings is 1. The number of anilines is 1. The Kier molecular flexibility index (Phi) is 2.81. The molecule has 1 heterocycles. The molecule has 4 nitrogen and oxygen atoms in total. The summed E-state index contributed by atoms with van der Waals surface area (Å²) in [6, 6.07) is 5.78. The van der Waals surface area contributed by atoms with Crippen LogP contribution in [0.3, 0.4) is 0 Å². The molecule has 1 N–H and O–H groups in total. The third kappa shape index (κ3) is 2.23. The van der Waals surface area contributed by atoms with Crippen LogP contribution in [0, 0.1) is 13.8 Å². The van der Waals surface area contributed by atoms with Crippen molar-refractivity contribution in [3.05, 3.63) is 29.3 Å². The zero-order valence-corrected chi connectivity index (χ0v) is 11.3. The van der Waals surface area contributed by atoms with E-state index in [4.69, 9.17) is 0 Å². The minimum Gasteiger partial charge on any atom is -0.373 e. The van der Waals surface area contributed by atoms with Crippen LogP contribution in [-0.2, 0) is 9.59 Å². The lowest BCUT2D eigenvalue weighted by Gasteiger charge is -2.15. The molecule has 0 spiro atoms. The predicted octanol–water partition coefficient (Wildman–Crippen LogP) is 2.01. The summed E-state index contributed by atoms with van der Waals surface area (Å²) in [5.41, 5.74) is 3.31. The van der Waals surface area contributed by atoms with Crippen LogP contribution in [0.4, 0.5) is 5.69 Å². The first-order chi connectivity index (χ1) is 9.06. The van der Waals surface area contributed by atoms with E-state index in [1.54, 1.807) is 0 Å². The first-order valence-electron chi connectivity index (χ1n) is 6.76. The van der Waals surface area contributed by atoms with Gasteiger partial charge in [0.05, 0.1) is 6.42 Å². The molecule has 1 aromatic rings. The summed E-state index contributed by atoms with van der Waals surface area (Å²) in [6.45, 7) is 4.09. The third-order valence-electron chi connectivity index (χ3n) is 3.94. The topological polar surface area (TPSA) is 49.4 Å². The van der Waals surface area contributed by atoms with Crippen LogP contribution in [0.5, 0.6) is 0 Å². The lowest BCUT2D eigenvalue weighted by molar-refractivity contribution is -0.139. The minimum absolute atomic E-state index is 0.0335. The summed E-state index contributed by atoms with van der Waals surface area (Å²) in [5, 5.41) is 3.19. The number of carbonyl (C=O) groups excluding carboxylic acids is 2. The van der Waals surface area contributed by atoms with Crippen LogP contribution < -0.4 is 5.32 Å². The number of aryl methyl sites for hydroxylation is 2. The quantitative estimate of drug-likeness (QED) is 0.844. The van der Waals surface area contributed by atoms with E-state index in [0.717, 1.165) is 18.5 Å². The van der Waals surface area contributed by atoms with Crippen LogP contribution in [0.1, 0.15) is 30.4 Å². The van der Waals surface area contributed by atoms with E-state index in [9.17, 15) is 9.59 Å². The Hall–Kier alpha value is -1.84. The molecule has 1 saturated carbocycles. The Balaban J connectivity index is 1.74. The molecule has 1 atom stereocenters. The number of nitrogens with zero attached hydrogens (tertiary/aromatic N) is 1. The van der Waals surface area contributed by atoms with Gasteiger partial charge in [-0.05, 0) is 49.9 Å². The second-order valence-electron chi connectivity index (χ2n) is 5.53. The molecule has 100 valence electrons. The van der Waals surface area contributed by atoms with Crippen LogP contribution in [0.25, 0.3) is 0 Å². The molecule has 1 aliphatic heterocycles. The molecule has 1 aromatic carbocycles. The average molecular weight is 258 g/mol. The third-order valence-corrected chi connectivity index (χ3v) is 3.94. The van der Waals surface area contributed by atoms with Crippen molar-refractivity contribution in [1.29, 1.82) is 0 Å². The number of hydrogen-bond donors (Lipinski definition) is 1. The monoisotopic (exact) mass is 258 g/mol. The Bertz CT molecular complexity index is 549. The Morgan fingerprint density at radius 1 is 1.16 bits per heavy atom. The van der Waals surface area contributed by atoms with Crippen LogP contribution in [-0.4, -0.2) is 28.8 Å². The largest absolute Gasteiger partial charge is 0.373 e. The first-order valence-corrected chi connectivity index (χ1v) is 6.76. The fourth-order valence-electron chi connectivity index (χ4n) is 2.51. The maximum Gasteiger partial charge on any atom is 0.252 e. The van der Waals surface area contributed by atoms with Gasteiger partial charge in [0.25, 0.3) is 5.91 Å². The number of carbonyl (C=O) groups is 2. The molecule has 4 heteroatoms. The van der Waals surface area contributed by atoms with Crippen molar-refractivity contribution in [1.82, 2.24) is 4.90 Å². The second-order valence-corrected chi connectivity index (χ2v) is 5.53. The summed E-state index contributed by atoms with van der Waals surface area (Å²) in [5.74, 6) is -0.0976. The minimum atomic E-state index is -0.393. The number of hydrogen-bond acceptors (Lipinski definition) is 3. The van der Waals surface area contributed by atoms with Gasteiger partial charge in [-0.3, -0.25) is 14.5 Å². The molecule has 0 radical (unpaired) electrons. The normalized spacial score (nSPS) is 23.1. The molecule has 1 aliphatic carbocycles. The van der Waals surface area contributed by atoms with E-state index >= 15 is 0 Å². The van der Waals surface area contributed by atoms with Crippen molar-refractivity contribution in [2.75, 3.05) is 5.32 Å². The molecule has 2 fully saturated rings. The van der Waals surface area contributed by atoms with Gasteiger partial charge < -0.3 is 5.32 Å². The van der Waals surface area contributed by atoms with Crippen molar-refractivity contribution < 1.29 is 9.59 Å². The van der Waals surface area contributed by atoms with Gasteiger partial charge in [0.2, 0.25) is 5.91 Å². The maximum absolute atomic E-state index is 12.2. The fraction of sp³-hybridized carbons (Fsp3) is 0.467. The Labute approximate surface area is 112 Å². The van der Waals surface area contributed by atoms with E-state index in [1.165, 1.54) is 16.0 Å². The summed E-state index contributed by atoms with van der Waals surface area (Å²) in [6.07, 6.45) is 2.21. The van der Waals surface area contributed by atoms with Gasteiger partial charge in [0, 0.05) is 11.7 Å². The summed E-state index contributed by atoms with van der Waals surface area (Å²) in [7, 11) is 0. The molecule has 2 amide bonds. The number of imide groups is 1. The molecule has 0 bridgehead atoms. The summed E-state index contributed by atoms with van der Waals surface area (Å²) < 4.78 is 0. The molecule has 0 aromatic heterocycles. The zero-order chi connectivity index (χ0) is 13.6. The van der Waals surface area contributed by atoms with Crippen molar-refractivity contribution >= 4 is 17.5 Å². The molecule has 2 aliphatic rings. The number of nitrogens with one attached hydrogen (secondary N) is 1. The summed E-state index contributed by atoms with van der Waals surface area (Å²) >= 11 is 0. The van der Waals surface area contributed by atoms with Gasteiger partial charge in [0.15, 0.2) is 0 Å². The fourth-order valence-corrected chi connectivity index (χ4v) is 2.51. The van der Waals surface area contributed by atoms with E-state index < -0.39 is 6.04 Å². The number of likely N-dealkylation sites (tertiary alicyclic amines) is 1. The molecule has 0 unspecified atom stereocenters. The van der Waals surface area contributed by atoms with Crippen LogP contribution in [0.15, 0.2) is 18.2 Å². The first kappa shape index (κ1) is 12.2. The smallest absolute Gasteiger partial charge is 0.252 e. The molecule has 19 heavy (non-hydrogen) atoms. The lowest BCUT2D eigenvalue weighted by Crippen LogP contribution is -2.36. The average Bonchev–Trinajstić information content (AvgIpc) is 3.13. The van der Waals surface area contributed by atoms with E-state index in [0.29, 0.717) is 0 Å². The molecule has 1 saturated heterocycles. The Morgan fingerprint density at radius 3 is 2.53 bits per heavy atom. The SMILES string of the molecule is Cc1ccc(N[C@@H]2CC(=O)N(C3CC3)C2=O)cc1C. The molecular formula is C15H18N2O2. The van der Waals surface area contributed by atoms with E-state index in [-0.39, 0.29) is 24.3 Å². The molecule has 3 rings (SSSR count). The predicted molar refractivity (Wildman–Crippen MR) is 72.8 cm³/mol.